The number of ketones is 2. The molecule has 1 aliphatic heterocycles. The van der Waals surface area contributed by atoms with E-state index in [1.807, 2.05) is 11.9 Å². The van der Waals surface area contributed by atoms with Crippen molar-refractivity contribution >= 4 is 11.6 Å². The summed E-state index contributed by atoms with van der Waals surface area (Å²) in [4.78, 5) is 24.0. The maximum atomic E-state index is 11.9. The zero-order valence-corrected chi connectivity index (χ0v) is 9.01. The molecule has 6 heteroatoms. The van der Waals surface area contributed by atoms with E-state index in [0.29, 0.717) is 13.0 Å². The Labute approximate surface area is 91.6 Å². The van der Waals surface area contributed by atoms with E-state index in [0.717, 1.165) is 13.0 Å². The van der Waals surface area contributed by atoms with Crippen LogP contribution >= 0.6 is 0 Å². The highest BCUT2D eigenvalue weighted by Gasteiger charge is 2.40. The van der Waals surface area contributed by atoms with Crippen molar-refractivity contribution < 1.29 is 22.8 Å². The lowest BCUT2D eigenvalue weighted by Gasteiger charge is -2.28. The first-order valence-electron chi connectivity index (χ1n) is 5.12. The monoisotopic (exact) mass is 237 g/mol. The molecule has 0 amide bonds. The second-order valence-electron chi connectivity index (χ2n) is 4.17. The van der Waals surface area contributed by atoms with Gasteiger partial charge in [0, 0.05) is 12.5 Å². The van der Waals surface area contributed by atoms with Crippen LogP contribution in [0.25, 0.3) is 0 Å². The summed E-state index contributed by atoms with van der Waals surface area (Å²) in [5, 5.41) is 0. The van der Waals surface area contributed by atoms with Crippen molar-refractivity contribution in [3.63, 3.8) is 0 Å². The highest BCUT2D eigenvalue weighted by molar-refractivity contribution is 6.02. The smallest absolute Gasteiger partial charge is 0.306 e. The van der Waals surface area contributed by atoms with Gasteiger partial charge in [-0.15, -0.1) is 0 Å². The Bertz CT molecular complexity index is 288. The summed E-state index contributed by atoms with van der Waals surface area (Å²) in [6, 6.07) is 0. The van der Waals surface area contributed by atoms with Crippen LogP contribution < -0.4 is 0 Å². The maximum Gasteiger partial charge on any atom is 0.450 e. The Morgan fingerprint density at radius 1 is 1.38 bits per heavy atom. The lowest BCUT2D eigenvalue weighted by Crippen LogP contribution is -2.38. The predicted molar refractivity (Wildman–Crippen MR) is 50.9 cm³/mol. The highest BCUT2D eigenvalue weighted by Crippen LogP contribution is 2.22. The number of likely N-dealkylation sites (tertiary alicyclic amines) is 1. The standard InChI is InChI=1S/C10H14F3NO2/c1-14-4-2-3-7(6-14)8(15)5-9(16)10(11,12)13/h7H,2-6H2,1H3. The van der Waals surface area contributed by atoms with Crippen molar-refractivity contribution in [3.8, 4) is 0 Å². The lowest BCUT2D eigenvalue weighted by atomic mass is 9.91. The number of nitrogens with zero attached hydrogens (tertiary/aromatic N) is 1. The fraction of sp³-hybridized carbons (Fsp3) is 0.800. The van der Waals surface area contributed by atoms with Crippen molar-refractivity contribution in [2.45, 2.75) is 25.4 Å². The van der Waals surface area contributed by atoms with E-state index in [1.54, 1.807) is 0 Å². The van der Waals surface area contributed by atoms with E-state index in [-0.39, 0.29) is 0 Å². The van der Waals surface area contributed by atoms with Crippen LogP contribution in [0.5, 0.6) is 0 Å². The third-order valence-corrected chi connectivity index (χ3v) is 2.73. The molecule has 0 saturated carbocycles. The van der Waals surface area contributed by atoms with Crippen molar-refractivity contribution in [1.29, 1.82) is 0 Å². The van der Waals surface area contributed by atoms with Crippen molar-refractivity contribution in [3.05, 3.63) is 0 Å². The largest absolute Gasteiger partial charge is 0.450 e. The van der Waals surface area contributed by atoms with E-state index in [4.69, 9.17) is 0 Å². The predicted octanol–water partition coefficient (Wildman–Crippen LogP) is 1.42. The van der Waals surface area contributed by atoms with E-state index in [2.05, 4.69) is 0 Å². The van der Waals surface area contributed by atoms with Gasteiger partial charge < -0.3 is 4.90 Å². The first-order valence-corrected chi connectivity index (χ1v) is 5.12. The summed E-state index contributed by atoms with van der Waals surface area (Å²) >= 11 is 0. The third kappa shape index (κ3) is 3.59. The minimum absolute atomic E-state index is 0.426. The van der Waals surface area contributed by atoms with Gasteiger partial charge >= 0.3 is 6.18 Å². The molecule has 3 nitrogen and oxygen atoms in total. The molecule has 0 spiro atoms. The second kappa shape index (κ2) is 4.95. The SMILES string of the molecule is CN1CCCC(C(=O)CC(=O)C(F)(F)F)C1. The van der Waals surface area contributed by atoms with Gasteiger partial charge in [0.25, 0.3) is 0 Å². The number of carbonyl (C=O) groups is 2. The Morgan fingerprint density at radius 3 is 2.50 bits per heavy atom. The first kappa shape index (κ1) is 13.2. The summed E-state index contributed by atoms with van der Waals surface area (Å²) in [5.41, 5.74) is 0. The van der Waals surface area contributed by atoms with Gasteiger partial charge in [-0.3, -0.25) is 9.59 Å². The molecular weight excluding hydrogens is 223 g/mol. The molecule has 0 bridgehead atoms. The molecule has 0 aliphatic carbocycles. The number of carbonyl (C=O) groups excluding carboxylic acids is 2. The molecule has 1 unspecified atom stereocenters. The molecule has 1 aliphatic rings. The Balaban J connectivity index is 2.49. The molecule has 0 aromatic carbocycles. The molecule has 0 N–H and O–H groups in total. The van der Waals surface area contributed by atoms with Crippen LogP contribution in [-0.2, 0) is 9.59 Å². The summed E-state index contributed by atoms with van der Waals surface area (Å²) in [6.45, 7) is 1.29. The lowest BCUT2D eigenvalue weighted by molar-refractivity contribution is -0.172. The van der Waals surface area contributed by atoms with Gasteiger partial charge in [-0.2, -0.15) is 13.2 Å². The maximum absolute atomic E-state index is 11.9. The average Bonchev–Trinajstić information content (AvgIpc) is 2.16. The second-order valence-corrected chi connectivity index (χ2v) is 4.17. The van der Waals surface area contributed by atoms with Crippen molar-refractivity contribution in [1.82, 2.24) is 4.90 Å². The Morgan fingerprint density at radius 2 is 2.00 bits per heavy atom. The van der Waals surface area contributed by atoms with Crippen LogP contribution in [0.1, 0.15) is 19.3 Å². The van der Waals surface area contributed by atoms with E-state index in [9.17, 15) is 22.8 Å². The summed E-state index contributed by atoms with van der Waals surface area (Å²) in [7, 11) is 1.81. The van der Waals surface area contributed by atoms with Crippen LogP contribution in [0.2, 0.25) is 0 Å². The fourth-order valence-electron chi connectivity index (χ4n) is 1.83. The topological polar surface area (TPSA) is 37.4 Å². The molecule has 92 valence electrons. The molecule has 1 heterocycles. The van der Waals surface area contributed by atoms with Gasteiger partial charge in [-0.05, 0) is 26.4 Å². The molecule has 1 rings (SSSR count). The molecule has 0 aromatic rings. The summed E-state index contributed by atoms with van der Waals surface area (Å²) in [5.74, 6) is -2.95. The molecule has 1 fully saturated rings. The zero-order chi connectivity index (χ0) is 12.3. The number of hydrogen-bond acceptors (Lipinski definition) is 3. The summed E-state index contributed by atoms with van der Waals surface area (Å²) < 4.78 is 35.8. The third-order valence-electron chi connectivity index (χ3n) is 2.73. The van der Waals surface area contributed by atoms with Crippen molar-refractivity contribution in [2.24, 2.45) is 5.92 Å². The number of hydrogen-bond donors (Lipinski definition) is 0. The Kier molecular flexibility index (Phi) is 4.07. The average molecular weight is 237 g/mol. The van der Waals surface area contributed by atoms with E-state index < -0.39 is 30.1 Å². The number of alkyl halides is 3. The molecule has 16 heavy (non-hydrogen) atoms. The van der Waals surface area contributed by atoms with Crippen molar-refractivity contribution in [2.75, 3.05) is 20.1 Å². The summed E-state index contributed by atoms with van der Waals surface area (Å²) in [6.07, 6.45) is -4.54. The molecule has 0 aromatic heterocycles. The van der Waals surface area contributed by atoms with Crippen LogP contribution in [0.4, 0.5) is 13.2 Å². The van der Waals surface area contributed by atoms with E-state index in [1.165, 1.54) is 0 Å². The van der Waals surface area contributed by atoms with Gasteiger partial charge in [0.1, 0.15) is 5.78 Å². The Hall–Kier alpha value is -0.910. The number of rotatable bonds is 3. The van der Waals surface area contributed by atoms with E-state index >= 15 is 0 Å². The number of Topliss-reactive ketones (excluding diaryl/α,β-unsaturated/α-hetero) is 2. The zero-order valence-electron chi connectivity index (χ0n) is 9.01. The van der Waals surface area contributed by atoms with Crippen LogP contribution in [0.3, 0.4) is 0 Å². The van der Waals surface area contributed by atoms with Crippen LogP contribution in [0.15, 0.2) is 0 Å². The molecular formula is C10H14F3NO2. The number of piperidine rings is 1. The first-order chi connectivity index (χ1) is 7.30. The van der Waals surface area contributed by atoms with Gasteiger partial charge in [0.15, 0.2) is 0 Å². The molecule has 0 radical (unpaired) electrons. The van der Waals surface area contributed by atoms with Gasteiger partial charge in [0.05, 0.1) is 6.42 Å². The molecule has 1 saturated heterocycles. The number of halogens is 3. The highest BCUT2D eigenvalue weighted by atomic mass is 19.4. The van der Waals surface area contributed by atoms with Gasteiger partial charge in [-0.1, -0.05) is 0 Å². The molecule has 1 atom stereocenters. The quantitative estimate of drug-likeness (QED) is 0.697. The fourth-order valence-corrected chi connectivity index (χ4v) is 1.83. The van der Waals surface area contributed by atoms with Gasteiger partial charge in [0.2, 0.25) is 5.78 Å². The minimum atomic E-state index is -4.89. The minimum Gasteiger partial charge on any atom is -0.306 e. The van der Waals surface area contributed by atoms with Crippen LogP contribution in [0, 0.1) is 5.92 Å². The van der Waals surface area contributed by atoms with Gasteiger partial charge in [-0.25, -0.2) is 0 Å². The van der Waals surface area contributed by atoms with Crippen LogP contribution in [-0.4, -0.2) is 42.8 Å². The normalized spacial score (nSPS) is 23.1.